The van der Waals surface area contributed by atoms with Gasteiger partial charge in [0.25, 0.3) is 0 Å². The molecule has 6 heteroatoms. The van der Waals surface area contributed by atoms with Crippen LogP contribution in [0.1, 0.15) is 16.0 Å². The van der Waals surface area contributed by atoms with Crippen molar-refractivity contribution in [2.75, 3.05) is 5.43 Å². The van der Waals surface area contributed by atoms with Crippen LogP contribution in [-0.2, 0) is 0 Å². The lowest BCUT2D eigenvalue weighted by Crippen LogP contribution is -1.95. The quantitative estimate of drug-likeness (QED) is 0.574. The van der Waals surface area contributed by atoms with Gasteiger partial charge in [-0.25, -0.2) is 9.97 Å². The first-order valence-corrected chi connectivity index (χ1v) is 7.25. The molecule has 106 valence electrons. The van der Waals surface area contributed by atoms with Crippen molar-refractivity contribution in [3.05, 3.63) is 46.6 Å². The highest BCUT2D eigenvalue weighted by atomic mass is 32.1. The molecule has 0 spiro atoms. The van der Waals surface area contributed by atoms with Gasteiger partial charge in [0, 0.05) is 4.88 Å². The first kappa shape index (κ1) is 13.5. The molecule has 2 heterocycles. The van der Waals surface area contributed by atoms with Crippen LogP contribution in [0.4, 0.5) is 5.82 Å². The Hall–Kier alpha value is -2.47. The largest absolute Gasteiger partial charge is 0.508 e. The van der Waals surface area contributed by atoms with E-state index in [9.17, 15) is 5.11 Å². The van der Waals surface area contributed by atoms with Gasteiger partial charge in [0.05, 0.1) is 11.6 Å². The molecule has 5 nitrogen and oxygen atoms in total. The Morgan fingerprint density at radius 3 is 2.71 bits per heavy atom. The molecule has 0 aliphatic heterocycles. The summed E-state index contributed by atoms with van der Waals surface area (Å²) in [6, 6.07) is 6.82. The second-order valence-electron chi connectivity index (χ2n) is 4.65. The van der Waals surface area contributed by atoms with Gasteiger partial charge in [-0.3, -0.25) is 5.43 Å². The average Bonchev–Trinajstić information content (AvgIpc) is 2.77. The molecule has 0 saturated heterocycles. The SMILES string of the molecule is Cc1sc2ncnc(NN=Cc3ccc(O)cc3)c2c1C. The number of aryl methyl sites for hydroxylation is 2. The van der Waals surface area contributed by atoms with Gasteiger partial charge >= 0.3 is 0 Å². The molecule has 0 atom stereocenters. The number of hydrogen-bond acceptors (Lipinski definition) is 6. The summed E-state index contributed by atoms with van der Waals surface area (Å²) < 4.78 is 0. The number of rotatable bonds is 3. The Morgan fingerprint density at radius 2 is 1.95 bits per heavy atom. The number of anilines is 1. The minimum absolute atomic E-state index is 0.238. The number of thiophene rings is 1. The zero-order valence-electron chi connectivity index (χ0n) is 11.7. The van der Waals surface area contributed by atoms with Crippen LogP contribution in [0.3, 0.4) is 0 Å². The average molecular weight is 298 g/mol. The van der Waals surface area contributed by atoms with Crippen molar-refractivity contribution in [3.63, 3.8) is 0 Å². The predicted octanol–water partition coefficient (Wildman–Crippen LogP) is 3.46. The van der Waals surface area contributed by atoms with Gasteiger partial charge in [-0.15, -0.1) is 11.3 Å². The summed E-state index contributed by atoms with van der Waals surface area (Å²) in [4.78, 5) is 10.7. The molecule has 3 rings (SSSR count). The van der Waals surface area contributed by atoms with Crippen molar-refractivity contribution in [2.24, 2.45) is 5.10 Å². The highest BCUT2D eigenvalue weighted by Gasteiger charge is 2.10. The number of benzene rings is 1. The van der Waals surface area contributed by atoms with Crippen LogP contribution in [0.25, 0.3) is 10.2 Å². The lowest BCUT2D eigenvalue weighted by molar-refractivity contribution is 0.475. The standard InChI is InChI=1S/C15H14N4OS/c1-9-10(2)21-15-13(9)14(16-8-17-15)19-18-7-11-3-5-12(20)6-4-11/h3-8,20H,1-2H3,(H,16,17,19). The summed E-state index contributed by atoms with van der Waals surface area (Å²) in [7, 11) is 0. The third-order valence-electron chi connectivity index (χ3n) is 3.24. The second kappa shape index (κ2) is 5.49. The van der Waals surface area contributed by atoms with E-state index in [2.05, 4.69) is 34.3 Å². The number of aromatic nitrogens is 2. The van der Waals surface area contributed by atoms with Gasteiger partial charge in [-0.05, 0) is 49.2 Å². The number of nitrogens with one attached hydrogen (secondary N) is 1. The number of phenols is 1. The van der Waals surface area contributed by atoms with Crippen LogP contribution in [0, 0.1) is 13.8 Å². The van der Waals surface area contributed by atoms with E-state index < -0.39 is 0 Å². The normalized spacial score (nSPS) is 11.3. The summed E-state index contributed by atoms with van der Waals surface area (Å²) in [5, 5.41) is 14.5. The third-order valence-corrected chi connectivity index (χ3v) is 4.36. The molecule has 2 aromatic heterocycles. The van der Waals surface area contributed by atoms with E-state index in [1.54, 1.807) is 41.8 Å². The summed E-state index contributed by atoms with van der Waals surface area (Å²) in [5.74, 6) is 0.943. The molecule has 0 bridgehead atoms. The molecular weight excluding hydrogens is 284 g/mol. The Kier molecular flexibility index (Phi) is 3.53. The Balaban J connectivity index is 1.87. The number of hydrogen-bond donors (Lipinski definition) is 2. The van der Waals surface area contributed by atoms with Crippen LogP contribution < -0.4 is 5.43 Å². The lowest BCUT2D eigenvalue weighted by Gasteiger charge is -2.02. The minimum Gasteiger partial charge on any atom is -0.508 e. The fourth-order valence-electron chi connectivity index (χ4n) is 2.00. The van der Waals surface area contributed by atoms with Gasteiger partial charge in [-0.2, -0.15) is 5.10 Å². The first-order chi connectivity index (χ1) is 10.1. The molecular formula is C15H14N4OS. The summed E-state index contributed by atoms with van der Waals surface area (Å²) in [6.45, 7) is 4.14. The molecule has 21 heavy (non-hydrogen) atoms. The van der Waals surface area contributed by atoms with Crippen molar-refractivity contribution in [2.45, 2.75) is 13.8 Å². The van der Waals surface area contributed by atoms with E-state index in [0.717, 1.165) is 15.8 Å². The van der Waals surface area contributed by atoms with Crippen LogP contribution in [0.15, 0.2) is 35.7 Å². The molecule has 0 radical (unpaired) electrons. The maximum absolute atomic E-state index is 9.24. The molecule has 3 aromatic rings. The van der Waals surface area contributed by atoms with Crippen LogP contribution >= 0.6 is 11.3 Å². The highest BCUT2D eigenvalue weighted by molar-refractivity contribution is 7.18. The van der Waals surface area contributed by atoms with Crippen molar-refractivity contribution < 1.29 is 5.11 Å². The zero-order valence-corrected chi connectivity index (χ0v) is 12.5. The molecule has 0 aliphatic rings. The van der Waals surface area contributed by atoms with E-state index >= 15 is 0 Å². The molecule has 2 N–H and O–H groups in total. The van der Waals surface area contributed by atoms with Crippen molar-refractivity contribution >= 4 is 33.6 Å². The van der Waals surface area contributed by atoms with Crippen molar-refractivity contribution in [3.8, 4) is 5.75 Å². The van der Waals surface area contributed by atoms with Gasteiger partial charge in [-0.1, -0.05) is 0 Å². The fourth-order valence-corrected chi connectivity index (χ4v) is 2.99. The molecule has 1 aromatic carbocycles. The maximum atomic E-state index is 9.24. The Morgan fingerprint density at radius 1 is 1.19 bits per heavy atom. The second-order valence-corrected chi connectivity index (χ2v) is 5.85. The summed E-state index contributed by atoms with van der Waals surface area (Å²) >= 11 is 1.65. The number of nitrogens with zero attached hydrogens (tertiary/aromatic N) is 3. The van der Waals surface area contributed by atoms with Crippen molar-refractivity contribution in [1.29, 1.82) is 0 Å². The maximum Gasteiger partial charge on any atom is 0.158 e. The number of aromatic hydroxyl groups is 1. The molecule has 0 saturated carbocycles. The smallest absolute Gasteiger partial charge is 0.158 e. The van der Waals surface area contributed by atoms with Gasteiger partial charge in [0.1, 0.15) is 16.9 Å². The number of phenolic OH excluding ortho intramolecular Hbond substituents is 1. The lowest BCUT2D eigenvalue weighted by atomic mass is 10.2. The minimum atomic E-state index is 0.238. The topological polar surface area (TPSA) is 70.4 Å². The summed E-state index contributed by atoms with van der Waals surface area (Å²) in [6.07, 6.45) is 3.22. The van der Waals surface area contributed by atoms with E-state index in [1.165, 1.54) is 16.8 Å². The van der Waals surface area contributed by atoms with E-state index in [-0.39, 0.29) is 5.75 Å². The molecule has 0 unspecified atom stereocenters. The number of hydrazone groups is 1. The fraction of sp³-hybridized carbons (Fsp3) is 0.133. The van der Waals surface area contributed by atoms with Gasteiger partial charge < -0.3 is 5.11 Å². The predicted molar refractivity (Wildman–Crippen MR) is 86.2 cm³/mol. The van der Waals surface area contributed by atoms with E-state index in [1.807, 2.05) is 0 Å². The Labute approximate surface area is 126 Å². The van der Waals surface area contributed by atoms with Gasteiger partial charge in [0.2, 0.25) is 0 Å². The zero-order chi connectivity index (χ0) is 14.8. The molecule has 0 aliphatic carbocycles. The van der Waals surface area contributed by atoms with Crippen LogP contribution in [-0.4, -0.2) is 21.3 Å². The van der Waals surface area contributed by atoms with Crippen LogP contribution in [0.5, 0.6) is 5.75 Å². The first-order valence-electron chi connectivity index (χ1n) is 6.44. The molecule has 0 fully saturated rings. The molecule has 0 amide bonds. The van der Waals surface area contributed by atoms with E-state index in [0.29, 0.717) is 5.82 Å². The Bertz CT molecular complexity index is 808. The number of fused-ring (bicyclic) bond motifs is 1. The monoisotopic (exact) mass is 298 g/mol. The van der Waals surface area contributed by atoms with Crippen LogP contribution in [0.2, 0.25) is 0 Å². The third kappa shape index (κ3) is 2.71. The van der Waals surface area contributed by atoms with E-state index in [4.69, 9.17) is 0 Å². The van der Waals surface area contributed by atoms with Gasteiger partial charge in [0.15, 0.2) is 5.82 Å². The van der Waals surface area contributed by atoms with Crippen molar-refractivity contribution in [1.82, 2.24) is 9.97 Å². The highest BCUT2D eigenvalue weighted by Crippen LogP contribution is 2.32. The summed E-state index contributed by atoms with van der Waals surface area (Å²) in [5.41, 5.74) is 5.04.